The first-order valence-corrected chi connectivity index (χ1v) is 9.36. The number of aromatic nitrogens is 4. The molecule has 0 aromatic carbocycles. The predicted molar refractivity (Wildman–Crippen MR) is 102 cm³/mol. The van der Waals surface area contributed by atoms with Gasteiger partial charge < -0.3 is 19.9 Å². The van der Waals surface area contributed by atoms with Crippen LogP contribution in [0.4, 0.5) is 17.5 Å². The quantitative estimate of drug-likeness (QED) is 0.888. The minimum atomic E-state index is 0.367. The molecular weight excluding hydrogens is 330 g/mol. The first kappa shape index (κ1) is 17.1. The number of morpholine rings is 1. The molecular formula is C18H27N7O. The van der Waals surface area contributed by atoms with Crippen LogP contribution in [0.15, 0.2) is 18.5 Å². The standard InChI is InChI=1S/C18H27N7O/c1-14-10-18(23(2)22-14)25-5-3-4-15(12-25)21-16-11-17(20-13-19-16)24-6-8-26-9-7-24/h10-11,13,15H,3-9,12H2,1-2H3,(H,19,20,21)/t15-/m1/s1. The van der Waals surface area contributed by atoms with Crippen LogP contribution in [0.25, 0.3) is 0 Å². The van der Waals surface area contributed by atoms with Gasteiger partial charge in [-0.15, -0.1) is 0 Å². The van der Waals surface area contributed by atoms with Gasteiger partial charge in [-0.3, -0.25) is 4.68 Å². The number of hydrogen-bond acceptors (Lipinski definition) is 7. The van der Waals surface area contributed by atoms with Gasteiger partial charge in [-0.2, -0.15) is 5.10 Å². The van der Waals surface area contributed by atoms with Crippen LogP contribution in [-0.4, -0.2) is 65.2 Å². The van der Waals surface area contributed by atoms with Crippen molar-refractivity contribution in [3.05, 3.63) is 24.2 Å². The van der Waals surface area contributed by atoms with E-state index in [-0.39, 0.29) is 0 Å². The molecule has 2 saturated heterocycles. The van der Waals surface area contributed by atoms with Crippen LogP contribution in [0.5, 0.6) is 0 Å². The fourth-order valence-corrected chi connectivity index (χ4v) is 3.80. The highest BCUT2D eigenvalue weighted by atomic mass is 16.5. The molecule has 1 N–H and O–H groups in total. The largest absolute Gasteiger partial charge is 0.378 e. The lowest BCUT2D eigenvalue weighted by Crippen LogP contribution is -2.43. The van der Waals surface area contributed by atoms with Gasteiger partial charge in [0.1, 0.15) is 23.8 Å². The van der Waals surface area contributed by atoms with E-state index in [0.717, 1.165) is 69.6 Å². The van der Waals surface area contributed by atoms with E-state index in [1.807, 2.05) is 18.7 Å². The Bertz CT molecular complexity index is 741. The predicted octanol–water partition coefficient (Wildman–Crippen LogP) is 1.44. The second-order valence-electron chi connectivity index (χ2n) is 7.06. The number of nitrogens with one attached hydrogen (secondary N) is 1. The fraction of sp³-hybridized carbons (Fsp3) is 0.611. The molecule has 2 aromatic heterocycles. The maximum atomic E-state index is 5.42. The molecule has 0 aliphatic carbocycles. The highest BCUT2D eigenvalue weighted by molar-refractivity contribution is 5.50. The van der Waals surface area contributed by atoms with Crippen LogP contribution in [0.2, 0.25) is 0 Å². The average Bonchev–Trinajstić information content (AvgIpc) is 3.01. The minimum absolute atomic E-state index is 0.367. The summed E-state index contributed by atoms with van der Waals surface area (Å²) in [5.41, 5.74) is 1.06. The zero-order chi connectivity index (χ0) is 17.9. The van der Waals surface area contributed by atoms with E-state index in [9.17, 15) is 0 Å². The number of hydrogen-bond donors (Lipinski definition) is 1. The highest BCUT2D eigenvalue weighted by Gasteiger charge is 2.23. The maximum absolute atomic E-state index is 5.42. The molecule has 0 unspecified atom stereocenters. The van der Waals surface area contributed by atoms with E-state index in [0.29, 0.717) is 6.04 Å². The first-order valence-electron chi connectivity index (χ1n) is 9.36. The summed E-state index contributed by atoms with van der Waals surface area (Å²) in [6, 6.07) is 4.58. The molecule has 2 aliphatic rings. The summed E-state index contributed by atoms with van der Waals surface area (Å²) in [6.45, 7) is 7.34. The molecule has 0 bridgehead atoms. The Morgan fingerprint density at radius 2 is 1.96 bits per heavy atom. The second-order valence-corrected chi connectivity index (χ2v) is 7.06. The van der Waals surface area contributed by atoms with E-state index >= 15 is 0 Å². The molecule has 2 aliphatic heterocycles. The molecule has 1 atom stereocenters. The third-order valence-corrected chi connectivity index (χ3v) is 5.06. The molecule has 0 amide bonds. The lowest BCUT2D eigenvalue weighted by Gasteiger charge is -2.34. The number of aryl methyl sites for hydroxylation is 2. The number of ether oxygens (including phenoxy) is 1. The van der Waals surface area contributed by atoms with Gasteiger partial charge in [0.15, 0.2) is 0 Å². The molecule has 0 spiro atoms. The van der Waals surface area contributed by atoms with Crippen molar-refractivity contribution in [2.24, 2.45) is 7.05 Å². The van der Waals surface area contributed by atoms with Gasteiger partial charge in [-0.1, -0.05) is 0 Å². The molecule has 8 nitrogen and oxygen atoms in total. The van der Waals surface area contributed by atoms with Crippen molar-refractivity contribution in [1.29, 1.82) is 0 Å². The molecule has 8 heteroatoms. The molecule has 0 saturated carbocycles. The zero-order valence-corrected chi connectivity index (χ0v) is 15.6. The Balaban J connectivity index is 1.43. The van der Waals surface area contributed by atoms with Crippen LogP contribution >= 0.6 is 0 Å². The normalized spacial score (nSPS) is 21.1. The third-order valence-electron chi connectivity index (χ3n) is 5.06. The summed E-state index contributed by atoms with van der Waals surface area (Å²) in [7, 11) is 2.01. The van der Waals surface area contributed by atoms with Crippen LogP contribution < -0.4 is 15.1 Å². The van der Waals surface area contributed by atoms with Crippen LogP contribution in [0.3, 0.4) is 0 Å². The maximum Gasteiger partial charge on any atom is 0.134 e. The van der Waals surface area contributed by atoms with Crippen molar-refractivity contribution in [3.63, 3.8) is 0 Å². The Morgan fingerprint density at radius 3 is 2.73 bits per heavy atom. The van der Waals surface area contributed by atoms with Crippen molar-refractivity contribution in [2.75, 3.05) is 54.5 Å². The van der Waals surface area contributed by atoms with Gasteiger partial charge in [0.2, 0.25) is 0 Å². The topological polar surface area (TPSA) is 71.3 Å². The SMILES string of the molecule is Cc1cc(N2CCC[C@@H](Nc3cc(N4CCOCC4)ncn3)C2)n(C)n1. The summed E-state index contributed by atoms with van der Waals surface area (Å²) in [5.74, 6) is 3.06. The fourth-order valence-electron chi connectivity index (χ4n) is 3.80. The van der Waals surface area contributed by atoms with E-state index in [2.05, 4.69) is 42.3 Å². The summed E-state index contributed by atoms with van der Waals surface area (Å²) >= 11 is 0. The van der Waals surface area contributed by atoms with Crippen LogP contribution in [-0.2, 0) is 11.8 Å². The van der Waals surface area contributed by atoms with Crippen molar-refractivity contribution >= 4 is 17.5 Å². The second kappa shape index (κ2) is 7.49. The number of nitrogens with zero attached hydrogens (tertiary/aromatic N) is 6. The van der Waals surface area contributed by atoms with Crippen molar-refractivity contribution in [2.45, 2.75) is 25.8 Å². The Hall–Kier alpha value is -2.35. The Kier molecular flexibility index (Phi) is 4.92. The Morgan fingerprint density at radius 1 is 1.12 bits per heavy atom. The summed E-state index contributed by atoms with van der Waals surface area (Å²) in [6.07, 6.45) is 3.95. The lowest BCUT2D eigenvalue weighted by atomic mass is 10.1. The summed E-state index contributed by atoms with van der Waals surface area (Å²) < 4.78 is 7.40. The number of piperidine rings is 1. The molecule has 4 heterocycles. The van der Waals surface area contributed by atoms with Gasteiger partial charge in [-0.05, 0) is 19.8 Å². The average molecular weight is 357 g/mol. The van der Waals surface area contributed by atoms with E-state index in [4.69, 9.17) is 4.74 Å². The van der Waals surface area contributed by atoms with Gasteiger partial charge in [0.05, 0.1) is 18.9 Å². The molecule has 4 rings (SSSR count). The van der Waals surface area contributed by atoms with E-state index in [1.54, 1.807) is 6.33 Å². The van der Waals surface area contributed by atoms with Gasteiger partial charge in [-0.25, -0.2) is 9.97 Å². The van der Waals surface area contributed by atoms with Crippen molar-refractivity contribution in [1.82, 2.24) is 19.7 Å². The lowest BCUT2D eigenvalue weighted by molar-refractivity contribution is 0.122. The summed E-state index contributed by atoms with van der Waals surface area (Å²) in [5, 5.41) is 8.08. The van der Waals surface area contributed by atoms with Gasteiger partial charge in [0, 0.05) is 51.4 Å². The van der Waals surface area contributed by atoms with Gasteiger partial charge >= 0.3 is 0 Å². The van der Waals surface area contributed by atoms with Crippen molar-refractivity contribution in [3.8, 4) is 0 Å². The molecule has 140 valence electrons. The smallest absolute Gasteiger partial charge is 0.134 e. The third kappa shape index (κ3) is 3.75. The van der Waals surface area contributed by atoms with Crippen LogP contribution in [0, 0.1) is 6.92 Å². The monoisotopic (exact) mass is 357 g/mol. The van der Waals surface area contributed by atoms with Crippen LogP contribution in [0.1, 0.15) is 18.5 Å². The van der Waals surface area contributed by atoms with E-state index < -0.39 is 0 Å². The molecule has 0 radical (unpaired) electrons. The molecule has 26 heavy (non-hydrogen) atoms. The minimum Gasteiger partial charge on any atom is -0.378 e. The zero-order valence-electron chi connectivity index (χ0n) is 15.6. The van der Waals surface area contributed by atoms with E-state index in [1.165, 1.54) is 5.82 Å². The number of rotatable bonds is 4. The highest BCUT2D eigenvalue weighted by Crippen LogP contribution is 2.23. The number of anilines is 3. The van der Waals surface area contributed by atoms with Crippen molar-refractivity contribution < 1.29 is 4.74 Å². The molecule has 2 aromatic rings. The first-order chi connectivity index (χ1) is 12.7. The summed E-state index contributed by atoms with van der Waals surface area (Å²) in [4.78, 5) is 13.5. The van der Waals surface area contributed by atoms with Gasteiger partial charge in [0.25, 0.3) is 0 Å². The molecule has 2 fully saturated rings. The Labute approximate surface area is 154 Å².